The topological polar surface area (TPSA) is 20.2 Å². The molecule has 0 saturated heterocycles. The summed E-state index contributed by atoms with van der Waals surface area (Å²) >= 11 is 0. The summed E-state index contributed by atoms with van der Waals surface area (Å²) in [6.45, 7) is 5.54. The molecule has 1 radical (unpaired) electrons. The van der Waals surface area contributed by atoms with Gasteiger partial charge in [0.15, 0.2) is 0 Å². The number of aliphatic hydroxyl groups excluding tert-OH is 1. The molecule has 0 amide bonds. The number of rotatable bonds is 2. The fourth-order valence-electron chi connectivity index (χ4n) is 1.01. The van der Waals surface area contributed by atoms with Crippen LogP contribution in [-0.2, 0) is 6.42 Å². The third-order valence-electron chi connectivity index (χ3n) is 1.72. The van der Waals surface area contributed by atoms with E-state index in [0.717, 1.165) is 12.0 Å². The minimum Gasteiger partial charge on any atom is -0.389 e. The molecule has 1 atom stereocenters. The van der Waals surface area contributed by atoms with E-state index in [0.29, 0.717) is 0 Å². The van der Waals surface area contributed by atoms with Crippen LogP contribution in [0.5, 0.6) is 0 Å². The zero-order valence-electron chi connectivity index (χ0n) is 6.75. The molecule has 0 aromatic heterocycles. The second-order valence-corrected chi connectivity index (χ2v) is 2.67. The van der Waals surface area contributed by atoms with Crippen molar-refractivity contribution in [3.05, 3.63) is 42.3 Å². The van der Waals surface area contributed by atoms with Gasteiger partial charge in [-0.05, 0) is 31.4 Å². The zero-order valence-corrected chi connectivity index (χ0v) is 6.75. The van der Waals surface area contributed by atoms with Crippen molar-refractivity contribution in [1.29, 1.82) is 0 Å². The molecule has 1 rings (SSSR count). The minimum absolute atomic E-state index is 0.374. The monoisotopic (exact) mass is 149 g/mol. The molecular weight excluding hydrogens is 136 g/mol. The smallest absolute Gasteiger partial charge is 0.0762 e. The highest BCUT2D eigenvalue weighted by Crippen LogP contribution is 2.13. The first-order valence-electron chi connectivity index (χ1n) is 3.80. The average Bonchev–Trinajstić information content (AvgIpc) is 2.05. The summed E-state index contributed by atoms with van der Waals surface area (Å²) in [6, 6.07) is 7.86. The third-order valence-corrected chi connectivity index (χ3v) is 1.72. The van der Waals surface area contributed by atoms with Gasteiger partial charge in [-0.3, -0.25) is 0 Å². The maximum absolute atomic E-state index is 9.22. The molecule has 0 saturated carbocycles. The second-order valence-electron chi connectivity index (χ2n) is 2.67. The van der Waals surface area contributed by atoms with Gasteiger partial charge in [0.2, 0.25) is 0 Å². The van der Waals surface area contributed by atoms with Crippen LogP contribution in [0.2, 0.25) is 0 Å². The summed E-state index contributed by atoms with van der Waals surface area (Å²) in [4.78, 5) is 0. The standard InChI is InChI=1S/C10H13O/c1-3-9-5-4-6-10(7-9)8(2)11/h4-8,11H,1,3H2,2H3. The Kier molecular flexibility index (Phi) is 2.66. The molecule has 1 aromatic rings. The quantitative estimate of drug-likeness (QED) is 0.682. The molecule has 0 aliphatic carbocycles. The van der Waals surface area contributed by atoms with Gasteiger partial charge >= 0.3 is 0 Å². The van der Waals surface area contributed by atoms with Gasteiger partial charge in [0, 0.05) is 0 Å². The van der Waals surface area contributed by atoms with E-state index in [1.807, 2.05) is 24.3 Å². The van der Waals surface area contributed by atoms with Crippen molar-refractivity contribution in [3.63, 3.8) is 0 Å². The van der Waals surface area contributed by atoms with Gasteiger partial charge in [0.1, 0.15) is 0 Å². The first-order valence-corrected chi connectivity index (χ1v) is 3.80. The summed E-state index contributed by atoms with van der Waals surface area (Å²) in [5.41, 5.74) is 2.13. The van der Waals surface area contributed by atoms with Gasteiger partial charge in [-0.15, -0.1) is 0 Å². The van der Waals surface area contributed by atoms with E-state index in [1.54, 1.807) is 6.92 Å². The minimum atomic E-state index is -0.374. The van der Waals surface area contributed by atoms with Crippen LogP contribution in [0, 0.1) is 6.92 Å². The Morgan fingerprint density at radius 1 is 1.55 bits per heavy atom. The molecule has 0 heterocycles. The van der Waals surface area contributed by atoms with Crippen LogP contribution >= 0.6 is 0 Å². The molecule has 0 fully saturated rings. The van der Waals surface area contributed by atoms with Crippen molar-refractivity contribution in [2.45, 2.75) is 19.4 Å². The van der Waals surface area contributed by atoms with E-state index < -0.39 is 0 Å². The van der Waals surface area contributed by atoms with Gasteiger partial charge in [-0.25, -0.2) is 0 Å². The van der Waals surface area contributed by atoms with Crippen LogP contribution in [-0.4, -0.2) is 5.11 Å². The first kappa shape index (κ1) is 8.28. The lowest BCUT2D eigenvalue weighted by atomic mass is 10.1. The lowest BCUT2D eigenvalue weighted by Gasteiger charge is -2.05. The van der Waals surface area contributed by atoms with Gasteiger partial charge < -0.3 is 5.11 Å². The van der Waals surface area contributed by atoms with Crippen molar-refractivity contribution >= 4 is 0 Å². The van der Waals surface area contributed by atoms with E-state index in [4.69, 9.17) is 0 Å². The van der Waals surface area contributed by atoms with Crippen LogP contribution in [0.1, 0.15) is 24.2 Å². The van der Waals surface area contributed by atoms with Crippen LogP contribution < -0.4 is 0 Å². The Morgan fingerprint density at radius 2 is 2.27 bits per heavy atom. The van der Waals surface area contributed by atoms with Gasteiger partial charge in [-0.1, -0.05) is 24.3 Å². The predicted octanol–water partition coefficient (Wildman–Crippen LogP) is 2.12. The van der Waals surface area contributed by atoms with Crippen LogP contribution in [0.3, 0.4) is 0 Å². The van der Waals surface area contributed by atoms with E-state index in [1.165, 1.54) is 5.56 Å². The molecule has 0 aliphatic heterocycles. The highest BCUT2D eigenvalue weighted by atomic mass is 16.3. The average molecular weight is 149 g/mol. The molecule has 1 aromatic carbocycles. The maximum atomic E-state index is 9.22. The molecule has 1 nitrogen and oxygen atoms in total. The predicted molar refractivity (Wildman–Crippen MR) is 46.1 cm³/mol. The second kappa shape index (κ2) is 3.54. The SMILES string of the molecule is [CH2]Cc1cccc(C(C)O)c1. The third kappa shape index (κ3) is 2.05. The Hall–Kier alpha value is -0.820. The highest BCUT2D eigenvalue weighted by molar-refractivity contribution is 5.25. The molecule has 0 bridgehead atoms. The normalized spacial score (nSPS) is 13.0. The Labute approximate surface area is 67.7 Å². The van der Waals surface area contributed by atoms with E-state index in [2.05, 4.69) is 6.92 Å². The fourth-order valence-corrected chi connectivity index (χ4v) is 1.01. The van der Waals surface area contributed by atoms with E-state index in [-0.39, 0.29) is 6.10 Å². The molecule has 59 valence electrons. The van der Waals surface area contributed by atoms with E-state index >= 15 is 0 Å². The summed E-state index contributed by atoms with van der Waals surface area (Å²) < 4.78 is 0. The Morgan fingerprint density at radius 3 is 2.82 bits per heavy atom. The number of hydrogen-bond donors (Lipinski definition) is 1. The van der Waals surface area contributed by atoms with Crippen molar-refractivity contribution in [2.75, 3.05) is 0 Å². The van der Waals surface area contributed by atoms with Gasteiger partial charge in [-0.2, -0.15) is 0 Å². The molecular formula is C10H13O. The molecule has 1 N–H and O–H groups in total. The zero-order chi connectivity index (χ0) is 8.27. The van der Waals surface area contributed by atoms with Crippen molar-refractivity contribution in [3.8, 4) is 0 Å². The fraction of sp³-hybridized carbons (Fsp3) is 0.300. The Balaban J connectivity index is 2.91. The van der Waals surface area contributed by atoms with Crippen molar-refractivity contribution < 1.29 is 5.11 Å². The lowest BCUT2D eigenvalue weighted by molar-refractivity contribution is 0.199. The summed E-state index contributed by atoms with van der Waals surface area (Å²) in [5, 5.41) is 9.22. The number of benzene rings is 1. The van der Waals surface area contributed by atoms with Crippen molar-refractivity contribution in [1.82, 2.24) is 0 Å². The van der Waals surface area contributed by atoms with E-state index in [9.17, 15) is 5.11 Å². The summed E-state index contributed by atoms with van der Waals surface area (Å²) in [5.74, 6) is 0. The summed E-state index contributed by atoms with van der Waals surface area (Å²) in [6.07, 6.45) is 0.405. The summed E-state index contributed by atoms with van der Waals surface area (Å²) in [7, 11) is 0. The van der Waals surface area contributed by atoms with Crippen LogP contribution in [0.15, 0.2) is 24.3 Å². The number of aliphatic hydroxyl groups is 1. The van der Waals surface area contributed by atoms with Gasteiger partial charge in [0.05, 0.1) is 6.10 Å². The molecule has 0 aliphatic rings. The molecule has 1 heteroatoms. The highest BCUT2D eigenvalue weighted by Gasteiger charge is 1.99. The Bertz CT molecular complexity index is 228. The van der Waals surface area contributed by atoms with Crippen molar-refractivity contribution in [2.24, 2.45) is 0 Å². The molecule has 0 spiro atoms. The molecule has 1 unspecified atom stereocenters. The first-order chi connectivity index (χ1) is 5.24. The lowest BCUT2D eigenvalue weighted by Crippen LogP contribution is -1.91. The molecule has 11 heavy (non-hydrogen) atoms. The number of hydrogen-bond acceptors (Lipinski definition) is 1. The van der Waals surface area contributed by atoms with Crippen LogP contribution in [0.25, 0.3) is 0 Å². The van der Waals surface area contributed by atoms with Gasteiger partial charge in [0.25, 0.3) is 0 Å². The maximum Gasteiger partial charge on any atom is 0.0762 e. The van der Waals surface area contributed by atoms with Crippen LogP contribution in [0.4, 0.5) is 0 Å². The largest absolute Gasteiger partial charge is 0.389 e.